The van der Waals surface area contributed by atoms with Crippen LogP contribution in [-0.2, 0) is 16.6 Å². The molecule has 2 saturated heterocycles. The Bertz CT molecular complexity index is 1430. The van der Waals surface area contributed by atoms with Crippen LogP contribution in [0.25, 0.3) is 10.9 Å². The lowest BCUT2D eigenvalue weighted by Crippen LogP contribution is -2.52. The third-order valence-electron chi connectivity index (χ3n) is 9.62. The maximum absolute atomic E-state index is 14.2. The number of carbonyl (C=O) groups is 1. The zero-order valence-corrected chi connectivity index (χ0v) is 21.7. The van der Waals surface area contributed by atoms with Gasteiger partial charge in [-0.1, -0.05) is 25.3 Å². The van der Waals surface area contributed by atoms with Crippen LogP contribution in [0.4, 0.5) is 5.69 Å². The van der Waals surface area contributed by atoms with Crippen molar-refractivity contribution in [2.24, 2.45) is 0 Å². The van der Waals surface area contributed by atoms with Crippen LogP contribution in [0, 0.1) is 12.3 Å². The van der Waals surface area contributed by atoms with Crippen LogP contribution in [0.15, 0.2) is 30.3 Å². The number of fused-ring (bicyclic) bond motifs is 6. The summed E-state index contributed by atoms with van der Waals surface area (Å²) in [6.45, 7) is 7.98. The van der Waals surface area contributed by atoms with Gasteiger partial charge in [-0.05, 0) is 67.5 Å². The molecule has 3 aromatic rings. The maximum Gasteiger partial charge on any atom is 0.195 e. The summed E-state index contributed by atoms with van der Waals surface area (Å²) in [4.78, 5) is 23.1. The predicted octanol–water partition coefficient (Wildman–Crippen LogP) is 5.03. The maximum atomic E-state index is 14.2. The van der Waals surface area contributed by atoms with E-state index in [2.05, 4.69) is 39.8 Å². The van der Waals surface area contributed by atoms with Gasteiger partial charge in [-0.25, -0.2) is 0 Å². The molecular formula is C32H35N3O2. The summed E-state index contributed by atoms with van der Waals surface area (Å²) < 4.78 is 5.86. The fourth-order valence-electron chi connectivity index (χ4n) is 7.26. The summed E-state index contributed by atoms with van der Waals surface area (Å²) in [7, 11) is 0. The molecule has 7 rings (SSSR count). The van der Waals surface area contributed by atoms with Crippen molar-refractivity contribution < 1.29 is 9.53 Å². The quantitative estimate of drug-likeness (QED) is 0.520. The highest BCUT2D eigenvalue weighted by atomic mass is 16.5. The van der Waals surface area contributed by atoms with E-state index in [9.17, 15) is 4.79 Å². The molecule has 3 heterocycles. The van der Waals surface area contributed by atoms with Crippen LogP contribution in [-0.4, -0.2) is 61.1 Å². The lowest BCUT2D eigenvalue weighted by molar-refractivity contribution is 0.0602. The molecule has 5 nitrogen and oxygen atoms in total. The molecule has 1 aromatic heterocycles. The average molecular weight is 494 g/mol. The first-order chi connectivity index (χ1) is 18.1. The van der Waals surface area contributed by atoms with Gasteiger partial charge in [-0.3, -0.25) is 9.69 Å². The van der Waals surface area contributed by atoms with Crippen LogP contribution in [0.3, 0.4) is 0 Å². The molecule has 0 atom stereocenters. The molecule has 0 bridgehead atoms. The summed E-state index contributed by atoms with van der Waals surface area (Å²) in [5.74, 6) is 2.88. The molecule has 37 heavy (non-hydrogen) atoms. The van der Waals surface area contributed by atoms with Crippen molar-refractivity contribution in [1.82, 2.24) is 9.88 Å². The molecule has 3 fully saturated rings. The third kappa shape index (κ3) is 3.42. The second-order valence-electron chi connectivity index (χ2n) is 11.3. The second kappa shape index (κ2) is 8.75. The minimum absolute atomic E-state index is 0.137. The number of hydrogen-bond donors (Lipinski definition) is 1. The summed E-state index contributed by atoms with van der Waals surface area (Å²) in [6, 6.07) is 11.4. The van der Waals surface area contributed by atoms with E-state index in [1.807, 2.05) is 18.2 Å². The summed E-state index contributed by atoms with van der Waals surface area (Å²) in [6.07, 6.45) is 12.5. The van der Waals surface area contributed by atoms with Crippen LogP contribution in [0.1, 0.15) is 77.3 Å². The third-order valence-corrected chi connectivity index (χ3v) is 9.62. The lowest BCUT2D eigenvalue weighted by Gasteiger charge is -2.45. The number of carbonyl (C=O) groups excluding carboxylic acids is 1. The fourth-order valence-corrected chi connectivity index (χ4v) is 7.26. The van der Waals surface area contributed by atoms with Gasteiger partial charge in [0.15, 0.2) is 5.78 Å². The first-order valence-electron chi connectivity index (χ1n) is 14.0. The van der Waals surface area contributed by atoms with E-state index in [4.69, 9.17) is 11.2 Å². The number of nitrogens with zero attached hydrogens (tertiary/aromatic N) is 2. The van der Waals surface area contributed by atoms with E-state index in [1.165, 1.54) is 36.1 Å². The van der Waals surface area contributed by atoms with Gasteiger partial charge in [0, 0.05) is 84.3 Å². The van der Waals surface area contributed by atoms with Crippen LogP contribution >= 0.6 is 0 Å². The molecule has 2 aliphatic heterocycles. The normalized spacial score (nSPS) is 21.5. The largest absolute Gasteiger partial charge is 0.381 e. The molecule has 190 valence electrons. The van der Waals surface area contributed by atoms with Crippen LogP contribution < -0.4 is 4.90 Å². The van der Waals surface area contributed by atoms with Crippen LogP contribution in [0.2, 0.25) is 0 Å². The van der Waals surface area contributed by atoms with Gasteiger partial charge in [0.2, 0.25) is 0 Å². The number of H-pyrrole nitrogens is 1. The van der Waals surface area contributed by atoms with Gasteiger partial charge in [0.05, 0.1) is 5.56 Å². The van der Waals surface area contributed by atoms with E-state index < -0.39 is 0 Å². The van der Waals surface area contributed by atoms with Crippen molar-refractivity contribution in [3.8, 4) is 12.3 Å². The highest BCUT2D eigenvalue weighted by molar-refractivity contribution is 6.20. The van der Waals surface area contributed by atoms with E-state index in [-0.39, 0.29) is 11.2 Å². The van der Waals surface area contributed by atoms with Crippen molar-refractivity contribution in [1.29, 1.82) is 0 Å². The Hall–Kier alpha value is -3.07. The topological polar surface area (TPSA) is 48.6 Å². The number of ketones is 1. The van der Waals surface area contributed by atoms with Crippen molar-refractivity contribution in [3.05, 3.63) is 63.8 Å². The number of ether oxygens (including phenoxy) is 1. The number of nitrogens with one attached hydrogen (secondary N) is 1. The van der Waals surface area contributed by atoms with E-state index in [1.54, 1.807) is 0 Å². The summed E-state index contributed by atoms with van der Waals surface area (Å²) >= 11 is 0. The fraction of sp³-hybridized carbons (Fsp3) is 0.469. The van der Waals surface area contributed by atoms with Crippen molar-refractivity contribution >= 4 is 22.4 Å². The predicted molar refractivity (Wildman–Crippen MR) is 148 cm³/mol. The molecule has 2 aliphatic carbocycles. The zero-order valence-electron chi connectivity index (χ0n) is 21.7. The second-order valence-corrected chi connectivity index (χ2v) is 11.3. The lowest BCUT2D eigenvalue weighted by atomic mass is 9.64. The molecule has 5 heteroatoms. The number of piperazine rings is 1. The number of terminal acetylenes is 1. The minimum atomic E-state index is -0.249. The molecular weight excluding hydrogens is 458 g/mol. The molecule has 4 aliphatic rings. The molecule has 0 unspecified atom stereocenters. The van der Waals surface area contributed by atoms with Gasteiger partial charge >= 0.3 is 0 Å². The SMILES string of the molecule is C#Cc1ccc2c3c([nH]c2c1)C1(CCOCC1)c1cc(N2CCN(C4CCC4)CC2)c(CC)cc1C3=O. The Kier molecular flexibility index (Phi) is 5.46. The first kappa shape index (κ1) is 23.1. The average Bonchev–Trinajstić information content (AvgIpc) is 3.31. The Labute approximate surface area is 219 Å². The highest BCUT2D eigenvalue weighted by Gasteiger charge is 2.47. The molecule has 1 spiro atoms. The van der Waals surface area contributed by atoms with Gasteiger partial charge in [-0.2, -0.15) is 0 Å². The first-order valence-corrected chi connectivity index (χ1v) is 14.0. The summed E-state index contributed by atoms with van der Waals surface area (Å²) in [5.41, 5.74) is 8.09. The number of aromatic nitrogens is 1. The number of anilines is 1. The van der Waals surface area contributed by atoms with Crippen molar-refractivity contribution in [3.63, 3.8) is 0 Å². The standard InChI is InChI=1S/C32H35N3O2/c1-3-21-8-9-24-27(18-21)33-31-29(24)30(36)25-19-22(4-2)28(20-26(25)32(31)10-16-37-17-11-32)35-14-12-34(13-15-35)23-6-5-7-23/h1,8-9,18-20,23,33H,4-7,10-17H2,2H3. The monoisotopic (exact) mass is 493 g/mol. The van der Waals surface area contributed by atoms with Gasteiger partial charge in [0.1, 0.15) is 0 Å². The van der Waals surface area contributed by atoms with E-state index in [0.717, 1.165) is 84.8 Å². The number of rotatable bonds is 3. The number of benzene rings is 2. The molecule has 2 aromatic carbocycles. The van der Waals surface area contributed by atoms with Crippen molar-refractivity contribution in [2.45, 2.75) is 56.9 Å². The van der Waals surface area contributed by atoms with Gasteiger partial charge < -0.3 is 14.6 Å². The van der Waals surface area contributed by atoms with E-state index >= 15 is 0 Å². The van der Waals surface area contributed by atoms with E-state index in [0.29, 0.717) is 13.2 Å². The molecule has 1 N–H and O–H groups in total. The van der Waals surface area contributed by atoms with Crippen molar-refractivity contribution in [2.75, 3.05) is 44.3 Å². The number of aromatic amines is 1. The van der Waals surface area contributed by atoms with Gasteiger partial charge in [-0.15, -0.1) is 6.42 Å². The smallest absolute Gasteiger partial charge is 0.195 e. The minimum Gasteiger partial charge on any atom is -0.381 e. The Morgan fingerprint density at radius 3 is 2.57 bits per heavy atom. The van der Waals surface area contributed by atoms with Gasteiger partial charge in [0.25, 0.3) is 0 Å². The van der Waals surface area contributed by atoms with Crippen LogP contribution in [0.5, 0.6) is 0 Å². The number of aryl methyl sites for hydroxylation is 1. The Morgan fingerprint density at radius 1 is 1.11 bits per heavy atom. The Balaban J connectivity index is 1.36. The Morgan fingerprint density at radius 2 is 1.89 bits per heavy atom. The molecule has 0 radical (unpaired) electrons. The molecule has 0 amide bonds. The molecule has 1 saturated carbocycles. The highest BCUT2D eigenvalue weighted by Crippen LogP contribution is 2.51. The zero-order chi connectivity index (χ0) is 25.1. The number of hydrogen-bond acceptors (Lipinski definition) is 4. The summed E-state index contributed by atoms with van der Waals surface area (Å²) in [5, 5.41) is 0.977.